The summed E-state index contributed by atoms with van der Waals surface area (Å²) in [5, 5.41) is 19.9. The van der Waals surface area contributed by atoms with Crippen molar-refractivity contribution in [3.63, 3.8) is 0 Å². The van der Waals surface area contributed by atoms with Gasteiger partial charge in [-0.1, -0.05) is 36.4 Å². The first-order valence-corrected chi connectivity index (χ1v) is 10.7. The highest BCUT2D eigenvalue weighted by Crippen LogP contribution is 2.35. The fraction of sp³-hybridized carbons (Fsp3) is 0.154. The van der Waals surface area contributed by atoms with Crippen molar-refractivity contribution in [1.82, 2.24) is 15.2 Å². The molecule has 0 aliphatic heterocycles. The first kappa shape index (κ1) is 20.2. The fourth-order valence-corrected chi connectivity index (χ4v) is 4.36. The maximum absolute atomic E-state index is 13.1. The molecule has 5 rings (SSSR count). The second kappa shape index (κ2) is 8.42. The average molecular weight is 425 g/mol. The molecule has 6 nitrogen and oxygen atoms in total. The molecule has 160 valence electrons. The Kier molecular flexibility index (Phi) is 5.31. The zero-order valence-corrected chi connectivity index (χ0v) is 17.6. The third kappa shape index (κ3) is 3.49. The molecule has 0 fully saturated rings. The van der Waals surface area contributed by atoms with E-state index in [1.165, 1.54) is 5.56 Å². The molecule has 5 aromatic rings. The molecule has 5 N–H and O–H groups in total. The predicted molar refractivity (Wildman–Crippen MR) is 128 cm³/mol. The number of nitrogens with one attached hydrogen (secondary N) is 2. The van der Waals surface area contributed by atoms with Gasteiger partial charge in [-0.25, -0.2) is 0 Å². The molecule has 2 aromatic heterocycles. The number of pyridine rings is 1. The SMILES string of the molecule is NCCCc1cc2c(-c3ccc(CO)cc3)c[nH]c(=O)c2c2cc(-c3cn[nH]c3)ccc12. The second-order valence-corrected chi connectivity index (χ2v) is 7.98. The van der Waals surface area contributed by atoms with Crippen LogP contribution < -0.4 is 11.3 Å². The highest BCUT2D eigenvalue weighted by Gasteiger charge is 2.15. The van der Waals surface area contributed by atoms with Crippen molar-refractivity contribution in [3.05, 3.63) is 88.6 Å². The predicted octanol–water partition coefficient (Wildman–Crippen LogP) is 4.12. The molecule has 0 amide bonds. The van der Waals surface area contributed by atoms with Gasteiger partial charge in [0.1, 0.15) is 0 Å². The van der Waals surface area contributed by atoms with Crippen LogP contribution in [0, 0.1) is 0 Å². The lowest BCUT2D eigenvalue weighted by Gasteiger charge is -2.14. The number of aromatic amines is 2. The highest BCUT2D eigenvalue weighted by atomic mass is 16.3. The minimum absolute atomic E-state index is 0.00267. The minimum Gasteiger partial charge on any atom is -0.392 e. The second-order valence-electron chi connectivity index (χ2n) is 7.98. The third-order valence-electron chi connectivity index (χ3n) is 6.02. The molecular formula is C26H24N4O2. The molecular weight excluding hydrogens is 400 g/mol. The lowest BCUT2D eigenvalue weighted by atomic mass is 9.90. The van der Waals surface area contributed by atoms with Crippen molar-refractivity contribution < 1.29 is 5.11 Å². The van der Waals surface area contributed by atoms with Crippen LogP contribution in [0.15, 0.2) is 71.9 Å². The van der Waals surface area contributed by atoms with Crippen LogP contribution in [-0.4, -0.2) is 26.8 Å². The van der Waals surface area contributed by atoms with Gasteiger partial charge < -0.3 is 15.8 Å². The number of aliphatic hydroxyl groups excluding tert-OH is 1. The van der Waals surface area contributed by atoms with Crippen LogP contribution in [0.25, 0.3) is 43.8 Å². The van der Waals surface area contributed by atoms with E-state index in [0.717, 1.165) is 56.8 Å². The fourth-order valence-electron chi connectivity index (χ4n) is 4.36. The molecule has 0 aliphatic carbocycles. The summed E-state index contributed by atoms with van der Waals surface area (Å²) >= 11 is 0. The average Bonchev–Trinajstić information content (AvgIpc) is 3.37. The van der Waals surface area contributed by atoms with Gasteiger partial charge in [-0.15, -0.1) is 0 Å². The molecule has 32 heavy (non-hydrogen) atoms. The largest absolute Gasteiger partial charge is 0.392 e. The molecule has 0 saturated heterocycles. The summed E-state index contributed by atoms with van der Waals surface area (Å²) in [6, 6.07) is 16.1. The Labute approximate surface area is 184 Å². The number of aromatic nitrogens is 3. The lowest BCUT2D eigenvalue weighted by molar-refractivity contribution is 0.282. The zero-order chi connectivity index (χ0) is 22.1. The molecule has 0 radical (unpaired) electrons. The van der Waals surface area contributed by atoms with Gasteiger partial charge in [-0.05, 0) is 69.9 Å². The van der Waals surface area contributed by atoms with E-state index in [0.29, 0.717) is 11.9 Å². The number of fused-ring (bicyclic) bond motifs is 3. The van der Waals surface area contributed by atoms with Gasteiger partial charge in [0.15, 0.2) is 0 Å². The molecule has 0 spiro atoms. The Morgan fingerprint density at radius 3 is 2.44 bits per heavy atom. The van der Waals surface area contributed by atoms with Crippen LogP contribution >= 0.6 is 0 Å². The van der Waals surface area contributed by atoms with Crippen molar-refractivity contribution >= 4 is 21.5 Å². The molecule has 0 unspecified atom stereocenters. The van der Waals surface area contributed by atoms with Crippen molar-refractivity contribution in [3.8, 4) is 22.3 Å². The van der Waals surface area contributed by atoms with Crippen molar-refractivity contribution in [2.24, 2.45) is 5.73 Å². The molecule has 0 atom stereocenters. The van der Waals surface area contributed by atoms with Gasteiger partial charge >= 0.3 is 0 Å². The standard InChI is InChI=1S/C26H24N4O2/c27-9-1-2-19-11-23-24(17-5-3-16(15-31)4-6-17)14-28-26(32)25(23)22-10-18(7-8-21(19)22)20-12-29-30-13-20/h3-8,10-14,31H,1-2,9,15,27H2,(H,28,32)(H,29,30). The number of hydrogen-bond donors (Lipinski definition) is 4. The first-order chi connectivity index (χ1) is 15.7. The Balaban J connectivity index is 1.83. The number of hydrogen-bond acceptors (Lipinski definition) is 4. The quantitative estimate of drug-likeness (QED) is 0.308. The molecule has 0 bridgehead atoms. The van der Waals surface area contributed by atoms with Crippen molar-refractivity contribution in [2.75, 3.05) is 6.54 Å². The van der Waals surface area contributed by atoms with Crippen LogP contribution in [0.2, 0.25) is 0 Å². The highest BCUT2D eigenvalue weighted by molar-refractivity contribution is 6.13. The number of aryl methyl sites for hydroxylation is 1. The number of H-pyrrole nitrogens is 2. The van der Waals surface area contributed by atoms with Crippen LogP contribution in [0.3, 0.4) is 0 Å². The van der Waals surface area contributed by atoms with E-state index in [1.807, 2.05) is 30.5 Å². The third-order valence-corrected chi connectivity index (χ3v) is 6.02. The van der Waals surface area contributed by atoms with E-state index in [2.05, 4.69) is 39.4 Å². The normalized spacial score (nSPS) is 11.4. The molecule has 2 heterocycles. The Bertz CT molecular complexity index is 1450. The maximum atomic E-state index is 13.1. The summed E-state index contributed by atoms with van der Waals surface area (Å²) in [6.45, 7) is 0.606. The van der Waals surface area contributed by atoms with Gasteiger partial charge in [0.05, 0.1) is 18.2 Å². The van der Waals surface area contributed by atoms with Crippen molar-refractivity contribution in [1.29, 1.82) is 0 Å². The van der Waals surface area contributed by atoms with Gasteiger partial charge in [0.2, 0.25) is 0 Å². The van der Waals surface area contributed by atoms with Crippen LogP contribution in [0.4, 0.5) is 0 Å². The monoisotopic (exact) mass is 424 g/mol. The van der Waals surface area contributed by atoms with E-state index in [9.17, 15) is 9.90 Å². The summed E-state index contributed by atoms with van der Waals surface area (Å²) in [5.41, 5.74) is 11.6. The van der Waals surface area contributed by atoms with Crippen LogP contribution in [0.5, 0.6) is 0 Å². The van der Waals surface area contributed by atoms with Gasteiger partial charge in [-0.2, -0.15) is 5.10 Å². The summed E-state index contributed by atoms with van der Waals surface area (Å²) < 4.78 is 0. The minimum atomic E-state index is -0.115. The molecule has 0 saturated carbocycles. The Morgan fingerprint density at radius 2 is 1.72 bits per heavy atom. The van der Waals surface area contributed by atoms with Crippen molar-refractivity contribution in [2.45, 2.75) is 19.4 Å². The molecule has 6 heteroatoms. The van der Waals surface area contributed by atoms with E-state index < -0.39 is 0 Å². The maximum Gasteiger partial charge on any atom is 0.256 e. The Hall–Kier alpha value is -3.74. The zero-order valence-electron chi connectivity index (χ0n) is 17.6. The van der Waals surface area contributed by atoms with E-state index in [4.69, 9.17) is 5.73 Å². The Morgan fingerprint density at radius 1 is 0.906 bits per heavy atom. The first-order valence-electron chi connectivity index (χ1n) is 10.7. The van der Waals surface area contributed by atoms with E-state index >= 15 is 0 Å². The number of nitrogens with zero attached hydrogens (tertiary/aromatic N) is 1. The van der Waals surface area contributed by atoms with Gasteiger partial charge in [0.25, 0.3) is 5.56 Å². The lowest BCUT2D eigenvalue weighted by Crippen LogP contribution is -2.08. The summed E-state index contributed by atoms with van der Waals surface area (Å²) in [7, 11) is 0. The summed E-state index contributed by atoms with van der Waals surface area (Å²) in [6.07, 6.45) is 7.11. The van der Waals surface area contributed by atoms with Gasteiger partial charge in [-0.3, -0.25) is 9.89 Å². The summed E-state index contributed by atoms with van der Waals surface area (Å²) in [5.74, 6) is 0. The van der Waals surface area contributed by atoms with E-state index in [-0.39, 0.29) is 12.2 Å². The van der Waals surface area contributed by atoms with E-state index in [1.54, 1.807) is 12.4 Å². The number of aliphatic hydroxyl groups is 1. The topological polar surface area (TPSA) is 108 Å². The van der Waals surface area contributed by atoms with Crippen LogP contribution in [0.1, 0.15) is 17.5 Å². The summed E-state index contributed by atoms with van der Waals surface area (Å²) in [4.78, 5) is 16.0. The van der Waals surface area contributed by atoms with Crippen LogP contribution in [-0.2, 0) is 13.0 Å². The molecule has 0 aliphatic rings. The molecule has 3 aromatic carbocycles. The number of rotatable bonds is 6. The van der Waals surface area contributed by atoms with Gasteiger partial charge in [0, 0.05) is 23.5 Å². The number of nitrogens with two attached hydrogens (primary N) is 1. The smallest absolute Gasteiger partial charge is 0.256 e. The number of benzene rings is 3.